The van der Waals surface area contributed by atoms with Gasteiger partial charge in [-0.1, -0.05) is 11.6 Å². The van der Waals surface area contributed by atoms with Gasteiger partial charge in [-0.05, 0) is 6.92 Å². The molecule has 0 aliphatic rings. The van der Waals surface area contributed by atoms with E-state index in [4.69, 9.17) is 11.6 Å². The second kappa shape index (κ2) is 4.76. The minimum Gasteiger partial charge on any atom is -0.352 e. The summed E-state index contributed by atoms with van der Waals surface area (Å²) in [6.07, 6.45) is 3.22. The van der Waals surface area contributed by atoms with E-state index >= 15 is 0 Å². The summed E-state index contributed by atoms with van der Waals surface area (Å²) in [7, 11) is 1.94. The number of aryl methyl sites for hydroxylation is 1. The first-order valence-corrected chi connectivity index (χ1v) is 6.01. The first-order chi connectivity index (χ1) is 7.68. The molecule has 0 unspecified atom stereocenters. The highest BCUT2D eigenvalue weighted by Gasteiger charge is 2.11. The molecule has 0 bridgehead atoms. The molecule has 0 amide bonds. The highest BCUT2D eigenvalue weighted by Crippen LogP contribution is 2.22. The Morgan fingerprint density at radius 3 is 2.69 bits per heavy atom. The second-order valence-corrected chi connectivity index (χ2v) is 4.69. The Hall–Kier alpha value is -1.20. The van der Waals surface area contributed by atoms with Gasteiger partial charge in [0.2, 0.25) is 0 Å². The molecule has 2 heterocycles. The highest BCUT2D eigenvalue weighted by atomic mass is 35.5. The van der Waals surface area contributed by atoms with Gasteiger partial charge in [0.1, 0.15) is 0 Å². The van der Waals surface area contributed by atoms with Crippen LogP contribution < -0.4 is 4.90 Å². The second-order valence-electron chi connectivity index (χ2n) is 3.39. The summed E-state index contributed by atoms with van der Waals surface area (Å²) in [6.45, 7) is 2.74. The zero-order valence-corrected chi connectivity index (χ0v) is 10.6. The molecule has 0 N–H and O–H groups in total. The third-order valence-corrected chi connectivity index (χ3v) is 3.41. The summed E-state index contributed by atoms with van der Waals surface area (Å²) in [4.78, 5) is 15.6. The molecule has 2 aromatic heterocycles. The Kier molecular flexibility index (Phi) is 3.36. The minimum absolute atomic E-state index is 0.423. The molecule has 0 aromatic carbocycles. The molecule has 0 saturated heterocycles. The number of anilines is 1. The molecule has 0 aliphatic carbocycles. The summed E-state index contributed by atoms with van der Waals surface area (Å²) in [5, 5.41) is 0.423. The maximum absolute atomic E-state index is 5.97. The van der Waals surface area contributed by atoms with E-state index in [9.17, 15) is 0 Å². The lowest BCUT2D eigenvalue weighted by molar-refractivity contribution is 0.893. The van der Waals surface area contributed by atoms with E-state index in [1.165, 1.54) is 4.88 Å². The van der Waals surface area contributed by atoms with E-state index in [0.717, 1.165) is 12.2 Å². The van der Waals surface area contributed by atoms with Crippen LogP contribution in [-0.2, 0) is 6.54 Å². The van der Waals surface area contributed by atoms with E-state index in [1.807, 2.05) is 24.4 Å². The smallest absolute Gasteiger partial charge is 0.171 e. The van der Waals surface area contributed by atoms with Crippen molar-refractivity contribution in [1.82, 2.24) is 15.0 Å². The van der Waals surface area contributed by atoms with Crippen molar-refractivity contribution >= 4 is 28.8 Å². The van der Waals surface area contributed by atoms with Crippen LogP contribution in [0.3, 0.4) is 0 Å². The van der Waals surface area contributed by atoms with Crippen LogP contribution in [0.15, 0.2) is 17.9 Å². The molecule has 0 fully saturated rings. The fraction of sp³-hybridized carbons (Fsp3) is 0.300. The van der Waals surface area contributed by atoms with Crippen LogP contribution in [0.2, 0.25) is 5.15 Å². The Labute approximate surface area is 103 Å². The van der Waals surface area contributed by atoms with Crippen molar-refractivity contribution in [3.05, 3.63) is 33.6 Å². The molecular weight excluding hydrogens is 244 g/mol. The molecule has 2 rings (SSSR count). The maximum atomic E-state index is 5.97. The fourth-order valence-electron chi connectivity index (χ4n) is 1.34. The van der Waals surface area contributed by atoms with Gasteiger partial charge in [0.15, 0.2) is 11.0 Å². The third-order valence-electron chi connectivity index (χ3n) is 2.22. The molecule has 84 valence electrons. The molecule has 4 nitrogen and oxygen atoms in total. The Morgan fingerprint density at radius 1 is 1.31 bits per heavy atom. The molecule has 16 heavy (non-hydrogen) atoms. The largest absolute Gasteiger partial charge is 0.352 e. The van der Waals surface area contributed by atoms with E-state index < -0.39 is 0 Å². The zero-order valence-electron chi connectivity index (χ0n) is 9.01. The average molecular weight is 255 g/mol. The van der Waals surface area contributed by atoms with E-state index in [-0.39, 0.29) is 0 Å². The van der Waals surface area contributed by atoms with E-state index in [2.05, 4.69) is 15.0 Å². The molecule has 0 aliphatic heterocycles. The molecule has 6 heteroatoms. The maximum Gasteiger partial charge on any atom is 0.171 e. The number of halogens is 1. The Bertz CT molecular complexity index is 485. The minimum atomic E-state index is 0.423. The lowest BCUT2D eigenvalue weighted by Gasteiger charge is -2.17. The standard InChI is InChI=1S/C10H11ClN4S/c1-7-8(16-6-14-7)5-15(2)10-9(11)12-3-4-13-10/h3-4,6H,5H2,1-2H3. The lowest BCUT2D eigenvalue weighted by atomic mass is 10.3. The van der Waals surface area contributed by atoms with Gasteiger partial charge in [-0.25, -0.2) is 15.0 Å². The fourth-order valence-corrected chi connectivity index (χ4v) is 2.42. The lowest BCUT2D eigenvalue weighted by Crippen LogP contribution is -2.18. The quantitative estimate of drug-likeness (QED) is 0.844. The number of hydrogen-bond donors (Lipinski definition) is 0. The van der Waals surface area contributed by atoms with Crippen molar-refractivity contribution in [2.24, 2.45) is 0 Å². The predicted octanol–water partition coefficient (Wildman–Crippen LogP) is 2.53. The number of rotatable bonds is 3. The Balaban J connectivity index is 2.18. The molecule has 0 radical (unpaired) electrons. The van der Waals surface area contributed by atoms with Crippen molar-refractivity contribution < 1.29 is 0 Å². The van der Waals surface area contributed by atoms with Gasteiger partial charge >= 0.3 is 0 Å². The van der Waals surface area contributed by atoms with Crippen molar-refractivity contribution in [1.29, 1.82) is 0 Å². The topological polar surface area (TPSA) is 41.9 Å². The number of hydrogen-bond acceptors (Lipinski definition) is 5. The van der Waals surface area contributed by atoms with Gasteiger partial charge in [-0.15, -0.1) is 11.3 Å². The van der Waals surface area contributed by atoms with Gasteiger partial charge in [0, 0.05) is 24.3 Å². The van der Waals surface area contributed by atoms with E-state index in [1.54, 1.807) is 23.7 Å². The average Bonchev–Trinajstić information content (AvgIpc) is 2.65. The number of aromatic nitrogens is 3. The molecular formula is C10H11ClN4S. The van der Waals surface area contributed by atoms with Gasteiger partial charge in [-0.3, -0.25) is 0 Å². The first-order valence-electron chi connectivity index (χ1n) is 4.75. The number of thiazole rings is 1. The van der Waals surface area contributed by atoms with Gasteiger partial charge in [0.05, 0.1) is 17.7 Å². The summed E-state index contributed by atoms with van der Waals surface area (Å²) in [5.74, 6) is 0.692. The Morgan fingerprint density at radius 2 is 2.06 bits per heavy atom. The molecule has 0 saturated carbocycles. The zero-order chi connectivity index (χ0) is 11.5. The monoisotopic (exact) mass is 254 g/mol. The van der Waals surface area contributed by atoms with Crippen LogP contribution >= 0.6 is 22.9 Å². The normalized spacial score (nSPS) is 10.4. The van der Waals surface area contributed by atoms with Gasteiger partial charge < -0.3 is 4.90 Å². The molecule has 0 atom stereocenters. The molecule has 0 spiro atoms. The molecule has 2 aromatic rings. The first kappa shape index (κ1) is 11.3. The summed E-state index contributed by atoms with van der Waals surface area (Å²) in [6, 6.07) is 0. The van der Waals surface area contributed by atoms with Crippen LogP contribution in [0.1, 0.15) is 10.6 Å². The summed E-state index contributed by atoms with van der Waals surface area (Å²) < 4.78 is 0. The van der Waals surface area contributed by atoms with Crippen LogP contribution in [0, 0.1) is 6.92 Å². The van der Waals surface area contributed by atoms with Crippen molar-refractivity contribution in [2.75, 3.05) is 11.9 Å². The SMILES string of the molecule is Cc1ncsc1CN(C)c1nccnc1Cl. The van der Waals surface area contributed by atoms with Crippen molar-refractivity contribution in [3.63, 3.8) is 0 Å². The highest BCUT2D eigenvalue weighted by molar-refractivity contribution is 7.09. The van der Waals surface area contributed by atoms with Gasteiger partial charge in [-0.2, -0.15) is 0 Å². The van der Waals surface area contributed by atoms with Crippen molar-refractivity contribution in [3.8, 4) is 0 Å². The van der Waals surface area contributed by atoms with Gasteiger partial charge in [0.25, 0.3) is 0 Å². The van der Waals surface area contributed by atoms with E-state index in [0.29, 0.717) is 11.0 Å². The summed E-state index contributed by atoms with van der Waals surface area (Å²) in [5.41, 5.74) is 2.90. The number of nitrogens with zero attached hydrogens (tertiary/aromatic N) is 4. The van der Waals surface area contributed by atoms with Crippen LogP contribution in [-0.4, -0.2) is 22.0 Å². The summed E-state index contributed by atoms with van der Waals surface area (Å²) >= 11 is 7.61. The van der Waals surface area contributed by atoms with Crippen molar-refractivity contribution in [2.45, 2.75) is 13.5 Å². The predicted molar refractivity (Wildman–Crippen MR) is 66.0 cm³/mol. The van der Waals surface area contributed by atoms with Crippen LogP contribution in [0.25, 0.3) is 0 Å². The third kappa shape index (κ3) is 2.31. The van der Waals surface area contributed by atoms with Crippen LogP contribution in [0.4, 0.5) is 5.82 Å². The van der Waals surface area contributed by atoms with Crippen LogP contribution in [0.5, 0.6) is 0 Å².